The molecule has 0 unspecified atom stereocenters. The van der Waals surface area contributed by atoms with E-state index in [0.717, 1.165) is 31.7 Å². The SMILES string of the molecule is CCOc1ccccc1NC(=O)CCN1CC=C(c2cnn(C)c2)CC1. The topological polar surface area (TPSA) is 59.4 Å². The zero-order valence-electron chi connectivity index (χ0n) is 15.4. The zero-order valence-corrected chi connectivity index (χ0v) is 15.4. The molecule has 0 saturated carbocycles. The largest absolute Gasteiger partial charge is 0.492 e. The normalized spacial score (nSPS) is 14.8. The predicted octanol–water partition coefficient (Wildman–Crippen LogP) is 2.94. The Morgan fingerprint density at radius 2 is 2.19 bits per heavy atom. The summed E-state index contributed by atoms with van der Waals surface area (Å²) < 4.78 is 7.37. The van der Waals surface area contributed by atoms with Gasteiger partial charge in [-0.15, -0.1) is 0 Å². The first-order valence-corrected chi connectivity index (χ1v) is 9.08. The number of ether oxygens (including phenoxy) is 1. The lowest BCUT2D eigenvalue weighted by molar-refractivity contribution is -0.116. The molecular weight excluding hydrogens is 328 g/mol. The number of anilines is 1. The van der Waals surface area contributed by atoms with Gasteiger partial charge in [0.25, 0.3) is 0 Å². The standard InChI is InChI=1S/C20H26N4O2/c1-3-26-19-7-5-4-6-18(19)22-20(25)10-13-24-11-8-16(9-12-24)17-14-21-23(2)15-17/h4-8,14-15H,3,9-13H2,1-2H3,(H,22,25). The van der Waals surface area contributed by atoms with Crippen molar-refractivity contribution >= 4 is 17.2 Å². The number of nitrogens with one attached hydrogen (secondary N) is 1. The molecule has 0 aliphatic carbocycles. The van der Waals surface area contributed by atoms with Crippen molar-refractivity contribution in [3.63, 3.8) is 0 Å². The summed E-state index contributed by atoms with van der Waals surface area (Å²) >= 11 is 0. The fourth-order valence-corrected chi connectivity index (χ4v) is 3.09. The van der Waals surface area contributed by atoms with Crippen LogP contribution < -0.4 is 10.1 Å². The third kappa shape index (κ3) is 4.73. The fourth-order valence-electron chi connectivity index (χ4n) is 3.09. The highest BCUT2D eigenvalue weighted by Gasteiger charge is 2.15. The molecule has 0 radical (unpaired) electrons. The van der Waals surface area contributed by atoms with E-state index >= 15 is 0 Å². The van der Waals surface area contributed by atoms with Gasteiger partial charge in [-0.2, -0.15) is 5.10 Å². The van der Waals surface area contributed by atoms with Gasteiger partial charge in [0.1, 0.15) is 5.75 Å². The quantitative estimate of drug-likeness (QED) is 0.830. The number of benzene rings is 1. The monoisotopic (exact) mass is 354 g/mol. The number of carbonyl (C=O) groups excluding carboxylic acids is 1. The molecule has 1 aliphatic rings. The van der Waals surface area contributed by atoms with Crippen LogP contribution in [0.3, 0.4) is 0 Å². The number of para-hydroxylation sites is 2. The molecule has 1 aromatic heterocycles. The van der Waals surface area contributed by atoms with Gasteiger partial charge in [-0.25, -0.2) is 0 Å². The van der Waals surface area contributed by atoms with Crippen molar-refractivity contribution in [2.24, 2.45) is 7.05 Å². The second-order valence-electron chi connectivity index (χ2n) is 6.41. The number of hydrogen-bond donors (Lipinski definition) is 1. The molecule has 0 fully saturated rings. The summed E-state index contributed by atoms with van der Waals surface area (Å²) in [6, 6.07) is 7.54. The minimum Gasteiger partial charge on any atom is -0.492 e. The molecule has 2 aromatic rings. The Bertz CT molecular complexity index is 782. The molecule has 0 bridgehead atoms. The minimum atomic E-state index is 0.0131. The van der Waals surface area contributed by atoms with Crippen molar-refractivity contribution in [1.29, 1.82) is 0 Å². The summed E-state index contributed by atoms with van der Waals surface area (Å²) in [5.41, 5.74) is 3.26. The van der Waals surface area contributed by atoms with Gasteiger partial charge < -0.3 is 10.1 Å². The molecule has 1 aliphatic heterocycles. The molecule has 1 N–H and O–H groups in total. The highest BCUT2D eigenvalue weighted by atomic mass is 16.5. The van der Waals surface area contributed by atoms with Crippen LogP contribution in [-0.4, -0.2) is 46.8 Å². The molecule has 6 heteroatoms. The summed E-state index contributed by atoms with van der Waals surface area (Å²) in [5.74, 6) is 0.726. The molecule has 0 spiro atoms. The summed E-state index contributed by atoms with van der Waals surface area (Å²) in [6.07, 6.45) is 7.65. The Morgan fingerprint density at radius 1 is 1.35 bits per heavy atom. The first kappa shape index (κ1) is 18.2. The van der Waals surface area contributed by atoms with Gasteiger partial charge in [-0.05, 0) is 31.1 Å². The number of aryl methyl sites for hydroxylation is 1. The predicted molar refractivity (Wildman–Crippen MR) is 103 cm³/mol. The number of rotatable bonds is 7. The summed E-state index contributed by atoms with van der Waals surface area (Å²) in [4.78, 5) is 14.6. The Kier molecular flexibility index (Phi) is 6.07. The maximum Gasteiger partial charge on any atom is 0.225 e. The maximum atomic E-state index is 12.3. The van der Waals surface area contributed by atoms with E-state index < -0.39 is 0 Å². The van der Waals surface area contributed by atoms with E-state index in [1.807, 2.05) is 55.3 Å². The maximum absolute atomic E-state index is 12.3. The Morgan fingerprint density at radius 3 is 2.88 bits per heavy atom. The van der Waals surface area contributed by atoms with E-state index in [0.29, 0.717) is 18.8 Å². The second-order valence-corrected chi connectivity index (χ2v) is 6.41. The molecule has 1 aromatic carbocycles. The Hall–Kier alpha value is -2.60. The molecule has 1 amide bonds. The van der Waals surface area contributed by atoms with Crippen LogP contribution >= 0.6 is 0 Å². The van der Waals surface area contributed by atoms with Gasteiger partial charge in [-0.1, -0.05) is 18.2 Å². The first-order chi connectivity index (χ1) is 12.7. The fraction of sp³-hybridized carbons (Fsp3) is 0.400. The number of hydrogen-bond acceptors (Lipinski definition) is 4. The van der Waals surface area contributed by atoms with Crippen molar-refractivity contribution < 1.29 is 9.53 Å². The van der Waals surface area contributed by atoms with Gasteiger partial charge in [0.15, 0.2) is 0 Å². The summed E-state index contributed by atoms with van der Waals surface area (Å²) in [6.45, 7) is 5.09. The highest BCUT2D eigenvalue weighted by molar-refractivity contribution is 5.92. The van der Waals surface area contributed by atoms with E-state index in [9.17, 15) is 4.79 Å². The number of amides is 1. The van der Waals surface area contributed by atoms with Crippen LogP contribution in [0.4, 0.5) is 5.69 Å². The minimum absolute atomic E-state index is 0.0131. The van der Waals surface area contributed by atoms with Gasteiger partial charge >= 0.3 is 0 Å². The molecular formula is C20H26N4O2. The van der Waals surface area contributed by atoms with Gasteiger partial charge in [-0.3, -0.25) is 14.4 Å². The first-order valence-electron chi connectivity index (χ1n) is 9.08. The molecule has 6 nitrogen and oxygen atoms in total. The van der Waals surface area contributed by atoms with Gasteiger partial charge in [0.05, 0.1) is 18.5 Å². The van der Waals surface area contributed by atoms with Crippen molar-refractivity contribution in [2.45, 2.75) is 19.8 Å². The van der Waals surface area contributed by atoms with Crippen molar-refractivity contribution in [2.75, 3.05) is 31.6 Å². The lowest BCUT2D eigenvalue weighted by Gasteiger charge is -2.25. The molecule has 0 atom stereocenters. The van der Waals surface area contributed by atoms with Crippen LogP contribution in [0.25, 0.3) is 5.57 Å². The van der Waals surface area contributed by atoms with Crippen LogP contribution in [0.5, 0.6) is 5.75 Å². The van der Waals surface area contributed by atoms with Crippen LogP contribution in [-0.2, 0) is 11.8 Å². The molecule has 138 valence electrons. The van der Waals surface area contributed by atoms with E-state index in [4.69, 9.17) is 4.74 Å². The van der Waals surface area contributed by atoms with E-state index in [2.05, 4.69) is 21.4 Å². The van der Waals surface area contributed by atoms with Crippen LogP contribution in [0.1, 0.15) is 25.3 Å². The van der Waals surface area contributed by atoms with Gasteiger partial charge in [0, 0.05) is 44.9 Å². The third-order valence-electron chi connectivity index (χ3n) is 4.49. The van der Waals surface area contributed by atoms with E-state index in [-0.39, 0.29) is 5.91 Å². The van der Waals surface area contributed by atoms with E-state index in [1.54, 1.807) is 0 Å². The van der Waals surface area contributed by atoms with Crippen LogP contribution in [0.15, 0.2) is 42.7 Å². The lowest BCUT2D eigenvalue weighted by Crippen LogP contribution is -2.31. The van der Waals surface area contributed by atoms with Gasteiger partial charge in [0.2, 0.25) is 5.91 Å². The van der Waals surface area contributed by atoms with Crippen LogP contribution in [0, 0.1) is 0 Å². The average molecular weight is 354 g/mol. The number of carbonyl (C=O) groups is 1. The van der Waals surface area contributed by atoms with E-state index in [1.165, 1.54) is 11.1 Å². The molecule has 3 rings (SSSR count). The molecule has 2 heterocycles. The lowest BCUT2D eigenvalue weighted by atomic mass is 10.0. The Balaban J connectivity index is 1.48. The molecule has 0 saturated heterocycles. The zero-order chi connectivity index (χ0) is 18.4. The highest BCUT2D eigenvalue weighted by Crippen LogP contribution is 2.24. The van der Waals surface area contributed by atoms with Crippen molar-refractivity contribution in [3.8, 4) is 5.75 Å². The number of aromatic nitrogens is 2. The van der Waals surface area contributed by atoms with Crippen molar-refractivity contribution in [1.82, 2.24) is 14.7 Å². The third-order valence-corrected chi connectivity index (χ3v) is 4.49. The summed E-state index contributed by atoms with van der Waals surface area (Å²) in [5, 5.41) is 7.18. The Labute approximate surface area is 154 Å². The second kappa shape index (κ2) is 8.67. The summed E-state index contributed by atoms with van der Waals surface area (Å²) in [7, 11) is 1.93. The average Bonchev–Trinajstić information content (AvgIpc) is 3.09. The van der Waals surface area contributed by atoms with Crippen LogP contribution in [0.2, 0.25) is 0 Å². The number of nitrogens with zero attached hydrogens (tertiary/aromatic N) is 3. The van der Waals surface area contributed by atoms with Crippen molar-refractivity contribution in [3.05, 3.63) is 48.3 Å². The smallest absolute Gasteiger partial charge is 0.225 e. The molecule has 26 heavy (non-hydrogen) atoms.